The number of fused-ring (bicyclic) bond motifs is 2. The van der Waals surface area contributed by atoms with Gasteiger partial charge in [0, 0.05) is 17.5 Å². The Bertz CT molecular complexity index is 1030. The summed E-state index contributed by atoms with van der Waals surface area (Å²) in [4.78, 5) is 0. The molecule has 0 fully saturated rings. The van der Waals surface area contributed by atoms with Gasteiger partial charge in [-0.05, 0) is 33.7 Å². The third-order valence-electron chi connectivity index (χ3n) is 4.57. The van der Waals surface area contributed by atoms with Gasteiger partial charge < -0.3 is 20.4 Å². The van der Waals surface area contributed by atoms with Crippen LogP contribution >= 0.6 is 0 Å². The Balaban J connectivity index is 2.01. The zero-order valence-corrected chi connectivity index (χ0v) is 13.3. The van der Waals surface area contributed by atoms with Crippen LogP contribution in [-0.2, 0) is 6.42 Å². The van der Waals surface area contributed by atoms with Gasteiger partial charge in [-0.2, -0.15) is 0 Å². The van der Waals surface area contributed by atoms with Crippen LogP contribution in [0.2, 0.25) is 0 Å². The molecule has 124 valence electrons. The quantitative estimate of drug-likeness (QED) is 0.410. The van der Waals surface area contributed by atoms with Gasteiger partial charge in [0.25, 0.3) is 0 Å². The Morgan fingerprint density at radius 2 is 0.960 bits per heavy atom. The van der Waals surface area contributed by atoms with Crippen molar-refractivity contribution < 1.29 is 20.4 Å². The fourth-order valence-corrected chi connectivity index (χ4v) is 3.33. The molecular formula is C21H16O4. The van der Waals surface area contributed by atoms with Crippen LogP contribution in [0.1, 0.15) is 11.1 Å². The molecule has 0 aliphatic carbocycles. The lowest BCUT2D eigenvalue weighted by molar-refractivity contribution is 0.397. The molecule has 0 aromatic heterocycles. The van der Waals surface area contributed by atoms with Crippen molar-refractivity contribution in [3.63, 3.8) is 0 Å². The van der Waals surface area contributed by atoms with E-state index in [2.05, 4.69) is 0 Å². The van der Waals surface area contributed by atoms with Crippen molar-refractivity contribution in [2.45, 2.75) is 6.42 Å². The van der Waals surface area contributed by atoms with Gasteiger partial charge in [-0.1, -0.05) is 48.5 Å². The van der Waals surface area contributed by atoms with Crippen LogP contribution in [0.4, 0.5) is 0 Å². The summed E-state index contributed by atoms with van der Waals surface area (Å²) in [5.74, 6) is -0.855. The van der Waals surface area contributed by atoms with Crippen molar-refractivity contribution in [3.8, 4) is 23.0 Å². The Morgan fingerprint density at radius 1 is 0.560 bits per heavy atom. The van der Waals surface area contributed by atoms with Gasteiger partial charge in [0.05, 0.1) is 0 Å². The minimum Gasteiger partial charge on any atom is -0.504 e. The van der Waals surface area contributed by atoms with Gasteiger partial charge in [-0.25, -0.2) is 0 Å². The molecule has 0 radical (unpaired) electrons. The molecule has 0 bridgehead atoms. The lowest BCUT2D eigenvalue weighted by Crippen LogP contribution is -1.94. The number of hydrogen-bond donors (Lipinski definition) is 4. The second-order valence-corrected chi connectivity index (χ2v) is 6.06. The third-order valence-corrected chi connectivity index (χ3v) is 4.57. The van der Waals surface area contributed by atoms with Crippen molar-refractivity contribution >= 4 is 21.5 Å². The molecule has 0 amide bonds. The molecule has 4 aromatic rings. The van der Waals surface area contributed by atoms with Gasteiger partial charge in [0.2, 0.25) is 0 Å². The van der Waals surface area contributed by atoms with E-state index in [0.29, 0.717) is 11.1 Å². The molecule has 0 aliphatic heterocycles. The predicted octanol–water partition coefficient (Wildman–Crippen LogP) is 4.41. The third kappa shape index (κ3) is 2.39. The van der Waals surface area contributed by atoms with Crippen LogP contribution in [0.15, 0.2) is 60.7 Å². The predicted molar refractivity (Wildman–Crippen MR) is 97.4 cm³/mol. The minimum atomic E-state index is -0.217. The highest BCUT2D eigenvalue weighted by Crippen LogP contribution is 2.42. The monoisotopic (exact) mass is 332 g/mol. The molecule has 0 saturated heterocycles. The maximum Gasteiger partial charge on any atom is 0.161 e. The average Bonchev–Trinajstić information content (AvgIpc) is 2.62. The van der Waals surface area contributed by atoms with E-state index in [-0.39, 0.29) is 29.4 Å². The van der Waals surface area contributed by atoms with Crippen molar-refractivity contribution in [3.05, 3.63) is 71.8 Å². The standard InChI is InChI=1S/C21H16O4/c22-18-9-12-5-1-3-7-14(12)16(20(18)24)11-17-15-8-4-2-6-13(15)10-19(23)21(17)25/h1-10,22-25H,11H2. The Morgan fingerprint density at radius 3 is 1.40 bits per heavy atom. The average molecular weight is 332 g/mol. The summed E-state index contributed by atoms with van der Waals surface area (Å²) in [5.41, 5.74) is 1.00. The first-order valence-electron chi connectivity index (χ1n) is 7.91. The van der Waals surface area contributed by atoms with Crippen LogP contribution in [0.25, 0.3) is 21.5 Å². The molecule has 4 nitrogen and oxygen atoms in total. The topological polar surface area (TPSA) is 80.9 Å². The van der Waals surface area contributed by atoms with E-state index in [4.69, 9.17) is 0 Å². The number of aromatic hydroxyl groups is 4. The zero-order chi connectivity index (χ0) is 17.6. The SMILES string of the molecule is Oc1cc2ccccc2c(Cc2c(O)c(O)cc3ccccc23)c1O. The smallest absolute Gasteiger partial charge is 0.161 e. The summed E-state index contributed by atoms with van der Waals surface area (Å²) in [6, 6.07) is 17.8. The summed E-state index contributed by atoms with van der Waals surface area (Å²) in [7, 11) is 0. The summed E-state index contributed by atoms with van der Waals surface area (Å²) < 4.78 is 0. The van der Waals surface area contributed by atoms with E-state index < -0.39 is 0 Å². The normalized spacial score (nSPS) is 11.2. The number of phenols is 4. The molecule has 4 aromatic carbocycles. The molecule has 0 aliphatic rings. The zero-order valence-electron chi connectivity index (χ0n) is 13.3. The van der Waals surface area contributed by atoms with Gasteiger partial charge in [0.15, 0.2) is 23.0 Å². The van der Waals surface area contributed by atoms with E-state index in [0.717, 1.165) is 21.5 Å². The molecule has 0 heterocycles. The Labute approximate surface area is 143 Å². The summed E-state index contributed by atoms with van der Waals surface area (Å²) in [6.45, 7) is 0. The molecule has 25 heavy (non-hydrogen) atoms. The van der Waals surface area contributed by atoms with Gasteiger partial charge in [-0.15, -0.1) is 0 Å². The highest BCUT2D eigenvalue weighted by Gasteiger charge is 2.18. The Hall–Kier alpha value is -3.40. The van der Waals surface area contributed by atoms with E-state index in [9.17, 15) is 20.4 Å². The first-order valence-corrected chi connectivity index (χ1v) is 7.91. The van der Waals surface area contributed by atoms with Crippen LogP contribution in [0.3, 0.4) is 0 Å². The second-order valence-electron chi connectivity index (χ2n) is 6.06. The molecular weight excluding hydrogens is 316 g/mol. The Kier molecular flexibility index (Phi) is 3.39. The molecule has 0 saturated carbocycles. The van der Waals surface area contributed by atoms with E-state index in [1.165, 1.54) is 12.1 Å². The number of benzene rings is 4. The lowest BCUT2D eigenvalue weighted by Gasteiger charge is -2.14. The molecule has 0 unspecified atom stereocenters. The van der Waals surface area contributed by atoms with E-state index >= 15 is 0 Å². The maximum atomic E-state index is 10.4. The maximum absolute atomic E-state index is 10.4. The first-order chi connectivity index (χ1) is 12.1. The molecule has 0 spiro atoms. The molecule has 4 N–H and O–H groups in total. The van der Waals surface area contributed by atoms with Gasteiger partial charge in [0.1, 0.15) is 0 Å². The summed E-state index contributed by atoms with van der Waals surface area (Å²) >= 11 is 0. The van der Waals surface area contributed by atoms with Crippen LogP contribution in [-0.4, -0.2) is 20.4 Å². The highest BCUT2D eigenvalue weighted by atomic mass is 16.3. The first kappa shape index (κ1) is 15.1. The van der Waals surface area contributed by atoms with Gasteiger partial charge in [-0.3, -0.25) is 0 Å². The van der Waals surface area contributed by atoms with E-state index in [1.807, 2.05) is 48.5 Å². The number of hydrogen-bond acceptors (Lipinski definition) is 4. The van der Waals surface area contributed by atoms with E-state index in [1.54, 1.807) is 0 Å². The molecule has 4 rings (SSSR count). The van der Waals surface area contributed by atoms with Crippen LogP contribution < -0.4 is 0 Å². The fraction of sp³-hybridized carbons (Fsp3) is 0.0476. The largest absolute Gasteiger partial charge is 0.504 e. The van der Waals surface area contributed by atoms with Gasteiger partial charge >= 0.3 is 0 Å². The van der Waals surface area contributed by atoms with Crippen molar-refractivity contribution in [2.24, 2.45) is 0 Å². The number of rotatable bonds is 2. The van der Waals surface area contributed by atoms with Crippen molar-refractivity contribution in [1.82, 2.24) is 0 Å². The highest BCUT2D eigenvalue weighted by molar-refractivity contribution is 5.93. The fourth-order valence-electron chi connectivity index (χ4n) is 3.33. The summed E-state index contributed by atoms with van der Waals surface area (Å²) in [5, 5.41) is 44.0. The van der Waals surface area contributed by atoms with Crippen LogP contribution in [0, 0.1) is 0 Å². The van der Waals surface area contributed by atoms with Crippen LogP contribution in [0.5, 0.6) is 23.0 Å². The van der Waals surface area contributed by atoms with Crippen molar-refractivity contribution in [2.75, 3.05) is 0 Å². The lowest BCUT2D eigenvalue weighted by atomic mass is 9.93. The second kappa shape index (κ2) is 5.60. The number of phenolic OH excluding ortho intramolecular Hbond substituents is 4. The molecule has 4 heteroatoms. The van der Waals surface area contributed by atoms with Crippen molar-refractivity contribution in [1.29, 1.82) is 0 Å². The molecule has 0 atom stereocenters. The summed E-state index contributed by atoms with van der Waals surface area (Å²) in [6.07, 6.45) is 0.168. The minimum absolute atomic E-state index is 0.168.